The van der Waals surface area contributed by atoms with Gasteiger partial charge in [-0.1, -0.05) is 27.7 Å². The third-order valence-electron chi connectivity index (χ3n) is 4.81. The van der Waals surface area contributed by atoms with Gasteiger partial charge in [-0.3, -0.25) is 24.2 Å². The lowest BCUT2D eigenvalue weighted by Gasteiger charge is -2.28. The Balaban J connectivity index is 5.31. The SMILES string of the molecule is CC(C)C(NC(=O)C(N)CC(N)=O)C(=O)NC(C(=O)NC(CCCN=C(N)N)C(=O)O)C(C)C. The molecule has 0 heterocycles. The molecule has 4 unspecified atom stereocenters. The van der Waals surface area contributed by atoms with Crippen molar-refractivity contribution in [2.45, 2.75) is 71.1 Å². The van der Waals surface area contributed by atoms with Crippen LogP contribution < -0.4 is 38.9 Å². The van der Waals surface area contributed by atoms with Gasteiger partial charge in [0.1, 0.15) is 18.1 Å². The van der Waals surface area contributed by atoms with Gasteiger partial charge in [0.25, 0.3) is 0 Å². The maximum absolute atomic E-state index is 12.9. The molecule has 14 nitrogen and oxygen atoms in total. The summed E-state index contributed by atoms with van der Waals surface area (Å²) in [6, 6.07) is -4.59. The van der Waals surface area contributed by atoms with E-state index in [1.165, 1.54) is 0 Å². The van der Waals surface area contributed by atoms with Gasteiger partial charge in [0.2, 0.25) is 23.6 Å². The molecule has 0 aromatic rings. The average molecular weight is 487 g/mol. The molecule has 0 aromatic heterocycles. The number of nitrogens with one attached hydrogen (secondary N) is 3. The largest absolute Gasteiger partial charge is 0.480 e. The van der Waals surface area contributed by atoms with Gasteiger partial charge in [-0.15, -0.1) is 0 Å². The van der Waals surface area contributed by atoms with Crippen molar-refractivity contribution >= 4 is 35.6 Å². The first-order valence-electron chi connectivity index (χ1n) is 10.9. The van der Waals surface area contributed by atoms with Crippen molar-refractivity contribution in [1.29, 1.82) is 0 Å². The lowest BCUT2D eigenvalue weighted by Crippen LogP contribution is -2.59. The van der Waals surface area contributed by atoms with E-state index in [-0.39, 0.29) is 24.8 Å². The lowest BCUT2D eigenvalue weighted by atomic mass is 9.98. The van der Waals surface area contributed by atoms with Gasteiger partial charge in [-0.25, -0.2) is 4.79 Å². The van der Waals surface area contributed by atoms with E-state index >= 15 is 0 Å². The second kappa shape index (κ2) is 14.7. The van der Waals surface area contributed by atoms with Crippen molar-refractivity contribution in [2.24, 2.45) is 39.8 Å². The fourth-order valence-electron chi connectivity index (χ4n) is 2.91. The highest BCUT2D eigenvalue weighted by molar-refractivity contribution is 5.95. The number of nitrogens with two attached hydrogens (primary N) is 4. The standard InChI is InChI=1S/C20H38N8O6/c1-9(2)14(17(31)26-12(19(33)34)6-5-7-25-20(23)24)28-18(32)15(10(3)4)27-16(30)11(21)8-13(22)29/h9-12,14-15H,5-8,21H2,1-4H3,(H2,22,29)(H,26,31)(H,27,30)(H,28,32)(H,33,34)(H4,23,24,25). The predicted molar refractivity (Wildman–Crippen MR) is 125 cm³/mol. The molecule has 0 spiro atoms. The fourth-order valence-corrected chi connectivity index (χ4v) is 2.91. The van der Waals surface area contributed by atoms with Crippen molar-refractivity contribution in [3.8, 4) is 0 Å². The van der Waals surface area contributed by atoms with Crippen molar-refractivity contribution in [2.75, 3.05) is 6.54 Å². The number of amides is 4. The second-order valence-corrected chi connectivity index (χ2v) is 8.59. The van der Waals surface area contributed by atoms with E-state index in [0.29, 0.717) is 6.42 Å². The summed E-state index contributed by atoms with van der Waals surface area (Å²) >= 11 is 0. The van der Waals surface area contributed by atoms with E-state index in [0.717, 1.165) is 0 Å². The number of aliphatic carboxylic acids is 1. The Labute approximate surface area is 198 Å². The molecule has 0 aliphatic rings. The zero-order valence-electron chi connectivity index (χ0n) is 20.0. The van der Waals surface area contributed by atoms with Gasteiger partial charge in [-0.05, 0) is 24.7 Å². The molecular weight excluding hydrogens is 448 g/mol. The van der Waals surface area contributed by atoms with E-state index in [2.05, 4.69) is 20.9 Å². The number of carboxylic acids is 1. The van der Waals surface area contributed by atoms with E-state index in [1.54, 1.807) is 27.7 Å². The fraction of sp³-hybridized carbons (Fsp3) is 0.700. The van der Waals surface area contributed by atoms with Crippen LogP contribution in [0.5, 0.6) is 0 Å². The van der Waals surface area contributed by atoms with Gasteiger partial charge in [0.05, 0.1) is 12.5 Å². The number of carbonyl (C=O) groups excluding carboxylic acids is 4. The van der Waals surface area contributed by atoms with Gasteiger partial charge in [-0.2, -0.15) is 0 Å². The summed E-state index contributed by atoms with van der Waals surface area (Å²) in [5, 5.41) is 16.9. The Kier molecular flexibility index (Phi) is 13.2. The van der Waals surface area contributed by atoms with Crippen LogP contribution in [-0.2, 0) is 24.0 Å². The maximum Gasteiger partial charge on any atom is 0.326 e. The van der Waals surface area contributed by atoms with Crippen LogP contribution in [0.4, 0.5) is 0 Å². The van der Waals surface area contributed by atoms with Crippen molar-refractivity contribution in [3.63, 3.8) is 0 Å². The molecule has 0 radical (unpaired) electrons. The summed E-state index contributed by atoms with van der Waals surface area (Å²) < 4.78 is 0. The van der Waals surface area contributed by atoms with E-state index in [9.17, 15) is 29.1 Å². The smallest absolute Gasteiger partial charge is 0.326 e. The van der Waals surface area contributed by atoms with Crippen LogP contribution in [0.3, 0.4) is 0 Å². The predicted octanol–water partition coefficient (Wildman–Crippen LogP) is -2.91. The molecule has 0 bridgehead atoms. The minimum Gasteiger partial charge on any atom is -0.480 e. The lowest BCUT2D eigenvalue weighted by molar-refractivity contribution is -0.142. The molecule has 0 saturated heterocycles. The minimum atomic E-state index is -1.25. The summed E-state index contributed by atoms with van der Waals surface area (Å²) in [5.41, 5.74) is 21.1. The summed E-state index contributed by atoms with van der Waals surface area (Å²) in [6.07, 6.45) is -0.0189. The van der Waals surface area contributed by atoms with Crippen LogP contribution in [0, 0.1) is 11.8 Å². The van der Waals surface area contributed by atoms with Crippen LogP contribution in [0.25, 0.3) is 0 Å². The minimum absolute atomic E-state index is 0.0685. The number of hydrogen-bond donors (Lipinski definition) is 8. The molecule has 14 heteroatoms. The third kappa shape index (κ3) is 11.4. The molecule has 0 saturated carbocycles. The molecule has 0 rings (SSSR count). The Morgan fingerprint density at radius 1 is 0.824 bits per heavy atom. The van der Waals surface area contributed by atoms with E-state index in [1.807, 2.05) is 0 Å². The molecule has 4 atom stereocenters. The Morgan fingerprint density at radius 3 is 1.71 bits per heavy atom. The quantitative estimate of drug-likeness (QED) is 0.0669. The maximum atomic E-state index is 12.9. The highest BCUT2D eigenvalue weighted by Gasteiger charge is 2.33. The normalized spacial score (nSPS) is 14.4. The Bertz CT molecular complexity index is 766. The van der Waals surface area contributed by atoms with Crippen LogP contribution in [-0.4, -0.2) is 71.4 Å². The molecule has 4 amide bonds. The summed E-state index contributed by atoms with van der Waals surface area (Å²) in [5.74, 6) is -5.03. The molecule has 0 aromatic carbocycles. The van der Waals surface area contributed by atoms with Crippen LogP contribution >= 0.6 is 0 Å². The monoisotopic (exact) mass is 486 g/mol. The molecule has 34 heavy (non-hydrogen) atoms. The number of carboxylic acid groups (broad SMARTS) is 1. The van der Waals surface area contributed by atoms with Gasteiger partial charge < -0.3 is 44.0 Å². The summed E-state index contributed by atoms with van der Waals surface area (Å²) in [7, 11) is 0. The Morgan fingerprint density at radius 2 is 1.29 bits per heavy atom. The number of guanidine groups is 1. The van der Waals surface area contributed by atoms with Crippen LogP contribution in [0.2, 0.25) is 0 Å². The average Bonchev–Trinajstić information content (AvgIpc) is 2.70. The van der Waals surface area contributed by atoms with E-state index in [4.69, 9.17) is 22.9 Å². The Hall–Kier alpha value is -3.42. The molecular formula is C20H38N8O6. The molecule has 0 fully saturated rings. The summed E-state index contributed by atoms with van der Waals surface area (Å²) in [4.78, 5) is 64.3. The number of nitrogens with zero attached hydrogens (tertiary/aromatic N) is 1. The van der Waals surface area contributed by atoms with Crippen molar-refractivity contribution in [1.82, 2.24) is 16.0 Å². The zero-order valence-corrected chi connectivity index (χ0v) is 20.0. The third-order valence-corrected chi connectivity index (χ3v) is 4.81. The highest BCUT2D eigenvalue weighted by Crippen LogP contribution is 2.08. The number of rotatable bonds is 15. The van der Waals surface area contributed by atoms with Crippen LogP contribution in [0.15, 0.2) is 4.99 Å². The molecule has 0 aliphatic carbocycles. The van der Waals surface area contributed by atoms with Crippen LogP contribution in [0.1, 0.15) is 47.0 Å². The van der Waals surface area contributed by atoms with Crippen molar-refractivity contribution < 1.29 is 29.1 Å². The number of primary amides is 1. The number of hydrogen-bond acceptors (Lipinski definition) is 7. The highest BCUT2D eigenvalue weighted by atomic mass is 16.4. The van der Waals surface area contributed by atoms with Gasteiger partial charge in [0, 0.05) is 6.54 Å². The molecule has 0 aliphatic heterocycles. The van der Waals surface area contributed by atoms with Crippen molar-refractivity contribution in [3.05, 3.63) is 0 Å². The van der Waals surface area contributed by atoms with Gasteiger partial charge in [0.15, 0.2) is 5.96 Å². The summed E-state index contributed by atoms with van der Waals surface area (Å²) in [6.45, 7) is 6.88. The topological polar surface area (TPSA) is 258 Å². The molecule has 12 N–H and O–H groups in total. The first-order valence-corrected chi connectivity index (χ1v) is 10.9. The first-order chi connectivity index (χ1) is 15.7. The van der Waals surface area contributed by atoms with E-state index < -0.39 is 66.1 Å². The molecule has 194 valence electrons. The first kappa shape index (κ1) is 30.6. The zero-order chi connectivity index (χ0) is 26.6. The number of aliphatic imine (C=N–C) groups is 1. The second-order valence-electron chi connectivity index (χ2n) is 8.59. The number of carbonyl (C=O) groups is 5. The van der Waals surface area contributed by atoms with Gasteiger partial charge >= 0.3 is 5.97 Å².